The molecule has 1 unspecified atom stereocenters. The summed E-state index contributed by atoms with van der Waals surface area (Å²) in [5.74, 6) is -0.149. The Balaban J connectivity index is 2.14. The lowest BCUT2D eigenvalue weighted by atomic mass is 9.93. The molecule has 10 nitrogen and oxygen atoms in total. The summed E-state index contributed by atoms with van der Waals surface area (Å²) in [6.45, 7) is 4.43. The molecule has 35 heavy (non-hydrogen) atoms. The fourth-order valence-corrected chi connectivity index (χ4v) is 4.73. The van der Waals surface area contributed by atoms with Gasteiger partial charge in [-0.25, -0.2) is 9.59 Å². The molecular formula is C24H25N3O7S. The Kier molecular flexibility index (Phi) is 8.13. The van der Waals surface area contributed by atoms with Crippen molar-refractivity contribution in [2.45, 2.75) is 37.5 Å². The Hall–Kier alpha value is -3.86. The van der Waals surface area contributed by atoms with E-state index in [-0.39, 0.29) is 29.1 Å². The average Bonchev–Trinajstić information content (AvgIpc) is 2.82. The maximum Gasteiger partial charge on any atom is 0.338 e. The number of ether oxygens (including phenoxy) is 2. The molecule has 11 heteroatoms. The minimum atomic E-state index is -1.20. The van der Waals surface area contributed by atoms with E-state index in [1.165, 1.54) is 37.7 Å². The van der Waals surface area contributed by atoms with Gasteiger partial charge < -0.3 is 14.8 Å². The summed E-state index contributed by atoms with van der Waals surface area (Å²) in [4.78, 5) is 50.7. The minimum absolute atomic E-state index is 0.0356. The molecule has 2 aromatic rings. The number of rotatable bonds is 8. The summed E-state index contributed by atoms with van der Waals surface area (Å²) >= 11 is 1.36. The van der Waals surface area contributed by atoms with E-state index in [0.717, 1.165) is 10.5 Å². The second-order valence-electron chi connectivity index (χ2n) is 7.60. The number of thioether (sulfide) groups is 1. The van der Waals surface area contributed by atoms with Gasteiger partial charge in [0.25, 0.3) is 5.69 Å². The quantitative estimate of drug-likeness (QED) is 0.246. The van der Waals surface area contributed by atoms with E-state index in [1.807, 2.05) is 24.3 Å². The fraction of sp³-hybridized carbons (Fsp3) is 0.292. The molecule has 3 amide bonds. The van der Waals surface area contributed by atoms with Crippen molar-refractivity contribution in [2.24, 2.45) is 0 Å². The number of nitrogens with one attached hydrogen (secondary N) is 1. The first kappa shape index (κ1) is 25.8. The zero-order valence-corrected chi connectivity index (χ0v) is 20.5. The normalized spacial score (nSPS) is 15.5. The number of benzene rings is 2. The number of imide groups is 1. The molecule has 0 aromatic heterocycles. The maximum absolute atomic E-state index is 12.9. The van der Waals surface area contributed by atoms with E-state index < -0.39 is 28.9 Å². The van der Waals surface area contributed by atoms with Crippen LogP contribution < -0.4 is 10.1 Å². The van der Waals surface area contributed by atoms with Gasteiger partial charge in [0.15, 0.2) is 0 Å². The van der Waals surface area contributed by atoms with Gasteiger partial charge in [-0.05, 0) is 37.6 Å². The highest BCUT2D eigenvalue weighted by molar-refractivity contribution is 7.98. The summed E-state index contributed by atoms with van der Waals surface area (Å²) in [5.41, 5.74) is 1.26. The Bertz CT molecular complexity index is 1190. The maximum atomic E-state index is 12.9. The number of methoxy groups -OCH3 is 1. The number of carbonyl (C=O) groups excluding carboxylic acids is 3. The lowest BCUT2D eigenvalue weighted by Crippen LogP contribution is -2.50. The van der Waals surface area contributed by atoms with Crippen LogP contribution >= 0.6 is 11.8 Å². The van der Waals surface area contributed by atoms with Crippen LogP contribution in [0.4, 0.5) is 10.5 Å². The molecule has 2 aromatic carbocycles. The fourth-order valence-electron chi connectivity index (χ4n) is 3.71. The molecule has 1 atom stereocenters. The van der Waals surface area contributed by atoms with Crippen molar-refractivity contribution in [3.8, 4) is 5.75 Å². The van der Waals surface area contributed by atoms with Gasteiger partial charge in [0.2, 0.25) is 5.91 Å². The zero-order valence-electron chi connectivity index (χ0n) is 19.7. The van der Waals surface area contributed by atoms with Crippen LogP contribution in [0.3, 0.4) is 0 Å². The SMILES string of the molecule is CCOC(=O)C1=C(C)NC(=O)N(C(C)=O)C1c1cc([N+](=O)[O-])ccc1SCc1ccc(OC)cc1. The second kappa shape index (κ2) is 11.0. The Labute approximate surface area is 206 Å². The first-order valence-corrected chi connectivity index (χ1v) is 11.7. The third-order valence-electron chi connectivity index (χ3n) is 5.34. The van der Waals surface area contributed by atoms with Gasteiger partial charge in [0, 0.05) is 41.0 Å². The van der Waals surface area contributed by atoms with E-state index in [9.17, 15) is 24.5 Å². The van der Waals surface area contributed by atoms with Gasteiger partial charge in [0.05, 0.1) is 24.2 Å². The molecule has 184 valence electrons. The smallest absolute Gasteiger partial charge is 0.338 e. The number of carbonyl (C=O) groups is 3. The topological polar surface area (TPSA) is 128 Å². The molecule has 0 saturated heterocycles. The molecule has 0 fully saturated rings. The number of nitro benzene ring substituents is 1. The van der Waals surface area contributed by atoms with Crippen molar-refractivity contribution in [1.29, 1.82) is 0 Å². The third-order valence-corrected chi connectivity index (χ3v) is 6.50. The van der Waals surface area contributed by atoms with Crippen molar-refractivity contribution < 1.29 is 28.8 Å². The van der Waals surface area contributed by atoms with Crippen LogP contribution in [0.5, 0.6) is 5.75 Å². The molecule has 1 N–H and O–H groups in total. The largest absolute Gasteiger partial charge is 0.497 e. The van der Waals surface area contributed by atoms with Crippen molar-refractivity contribution >= 4 is 35.4 Å². The number of non-ortho nitro benzene ring substituents is 1. The Morgan fingerprint density at radius 1 is 1.20 bits per heavy atom. The number of nitro groups is 1. The average molecular weight is 500 g/mol. The van der Waals surface area contributed by atoms with Crippen molar-refractivity contribution in [2.75, 3.05) is 13.7 Å². The van der Waals surface area contributed by atoms with Crippen molar-refractivity contribution in [3.63, 3.8) is 0 Å². The molecule has 0 radical (unpaired) electrons. The zero-order chi connectivity index (χ0) is 25.7. The highest BCUT2D eigenvalue weighted by atomic mass is 32.2. The highest BCUT2D eigenvalue weighted by Gasteiger charge is 2.42. The van der Waals surface area contributed by atoms with Crippen LogP contribution in [0.2, 0.25) is 0 Å². The number of allylic oxidation sites excluding steroid dienone is 1. The van der Waals surface area contributed by atoms with Crippen molar-refractivity contribution in [3.05, 3.63) is 75.0 Å². The van der Waals surface area contributed by atoms with Crippen LogP contribution in [0.15, 0.2) is 58.6 Å². The second-order valence-corrected chi connectivity index (χ2v) is 8.61. The molecule has 1 aliphatic heterocycles. The highest BCUT2D eigenvalue weighted by Crippen LogP contribution is 2.41. The van der Waals surface area contributed by atoms with Gasteiger partial charge in [-0.2, -0.15) is 0 Å². The van der Waals surface area contributed by atoms with E-state index >= 15 is 0 Å². The van der Waals surface area contributed by atoms with Crippen LogP contribution in [0.1, 0.15) is 37.9 Å². The molecule has 3 rings (SSSR count). The summed E-state index contributed by atoms with van der Waals surface area (Å²) in [6, 6.07) is 9.70. The number of hydrogen-bond acceptors (Lipinski definition) is 8. The molecule has 1 aliphatic rings. The molecule has 1 heterocycles. The Morgan fingerprint density at radius 2 is 1.89 bits per heavy atom. The van der Waals surface area contributed by atoms with Crippen molar-refractivity contribution in [1.82, 2.24) is 10.2 Å². The first-order valence-electron chi connectivity index (χ1n) is 10.7. The number of hydrogen-bond donors (Lipinski definition) is 1. The lowest BCUT2D eigenvalue weighted by molar-refractivity contribution is -0.385. The number of esters is 1. The predicted molar refractivity (Wildman–Crippen MR) is 129 cm³/mol. The molecular weight excluding hydrogens is 474 g/mol. The van der Waals surface area contributed by atoms with E-state index in [0.29, 0.717) is 16.4 Å². The summed E-state index contributed by atoms with van der Waals surface area (Å²) in [5, 5.41) is 14.1. The standard InChI is InChI=1S/C24H25N3O7S/c1-5-34-23(29)21-14(2)25-24(30)26(15(3)28)22(21)19-12-17(27(31)32)8-11-20(19)35-13-16-6-9-18(33-4)10-7-16/h6-12,22H,5,13H2,1-4H3,(H,25,30). The number of urea groups is 1. The molecule has 0 saturated carbocycles. The number of amides is 3. The summed E-state index contributed by atoms with van der Waals surface area (Å²) in [6.07, 6.45) is 0. The molecule has 0 bridgehead atoms. The van der Waals surface area contributed by atoms with Gasteiger partial charge >= 0.3 is 12.0 Å². The van der Waals surface area contributed by atoms with Crippen LogP contribution in [-0.4, -0.2) is 41.4 Å². The van der Waals surface area contributed by atoms with Gasteiger partial charge in [0.1, 0.15) is 11.8 Å². The van der Waals surface area contributed by atoms with E-state index in [2.05, 4.69) is 5.32 Å². The van der Waals surface area contributed by atoms with Gasteiger partial charge in [-0.15, -0.1) is 11.8 Å². The van der Waals surface area contributed by atoms with Crippen LogP contribution in [0.25, 0.3) is 0 Å². The van der Waals surface area contributed by atoms with Gasteiger partial charge in [-0.1, -0.05) is 12.1 Å². The Morgan fingerprint density at radius 3 is 2.46 bits per heavy atom. The first-order chi connectivity index (χ1) is 16.7. The molecule has 0 aliphatic carbocycles. The summed E-state index contributed by atoms with van der Waals surface area (Å²) in [7, 11) is 1.57. The third kappa shape index (κ3) is 5.62. The van der Waals surface area contributed by atoms with E-state index in [1.54, 1.807) is 20.1 Å². The predicted octanol–water partition coefficient (Wildman–Crippen LogP) is 4.35. The van der Waals surface area contributed by atoms with Crippen LogP contribution in [0, 0.1) is 10.1 Å². The minimum Gasteiger partial charge on any atom is -0.497 e. The van der Waals surface area contributed by atoms with Gasteiger partial charge in [-0.3, -0.25) is 19.8 Å². The molecule has 0 spiro atoms. The van der Waals surface area contributed by atoms with E-state index in [4.69, 9.17) is 9.47 Å². The lowest BCUT2D eigenvalue weighted by Gasteiger charge is -2.36. The van der Waals surface area contributed by atoms with Crippen LogP contribution in [-0.2, 0) is 20.1 Å². The number of nitrogens with zero attached hydrogens (tertiary/aromatic N) is 2. The monoisotopic (exact) mass is 499 g/mol. The summed E-state index contributed by atoms with van der Waals surface area (Å²) < 4.78 is 10.4.